The number of aliphatic imine (C=N–C) groups is 1. The van der Waals surface area contributed by atoms with Crippen molar-refractivity contribution in [2.75, 3.05) is 19.7 Å². The molecule has 6 nitrogen and oxygen atoms in total. The summed E-state index contributed by atoms with van der Waals surface area (Å²) in [6.45, 7) is 3.88. The van der Waals surface area contributed by atoms with Gasteiger partial charge < -0.3 is 10.2 Å². The third-order valence-electron chi connectivity index (χ3n) is 6.18. The van der Waals surface area contributed by atoms with Crippen molar-refractivity contribution >= 4 is 41.9 Å². The molecule has 1 heterocycles. The molecule has 0 saturated carbocycles. The van der Waals surface area contributed by atoms with Crippen molar-refractivity contribution < 1.29 is 19.8 Å². The van der Waals surface area contributed by atoms with Gasteiger partial charge >= 0.3 is 35.5 Å². The van der Waals surface area contributed by atoms with Crippen molar-refractivity contribution in [2.45, 2.75) is 116 Å². The Bertz CT molecular complexity index is 517. The summed E-state index contributed by atoms with van der Waals surface area (Å²) >= 11 is 0. The summed E-state index contributed by atoms with van der Waals surface area (Å²) in [6, 6.07) is 0. The van der Waals surface area contributed by atoms with Gasteiger partial charge in [-0.05, 0) is 44.4 Å². The molecule has 2 atom stereocenters. The topological polar surface area (TPSA) is 82.4 Å². The SMILES string of the molecule is CCCCCCCC/C=C\CCCCCCCC(CCC(=O)O)C(O)CON1C=NCC1.[NaH]. The van der Waals surface area contributed by atoms with Crippen molar-refractivity contribution in [3.8, 4) is 0 Å². The third-order valence-corrected chi connectivity index (χ3v) is 6.18. The van der Waals surface area contributed by atoms with E-state index in [4.69, 9.17) is 9.94 Å². The molecule has 0 bridgehead atoms. The van der Waals surface area contributed by atoms with E-state index in [0.29, 0.717) is 19.5 Å². The van der Waals surface area contributed by atoms with Crippen LogP contribution in [0, 0.1) is 5.92 Å². The van der Waals surface area contributed by atoms with Crippen LogP contribution >= 0.6 is 0 Å². The molecule has 2 unspecified atom stereocenters. The van der Waals surface area contributed by atoms with Gasteiger partial charge in [0.15, 0.2) is 0 Å². The summed E-state index contributed by atoms with van der Waals surface area (Å²) in [5.41, 5.74) is 0. The fraction of sp³-hybridized carbons (Fsp3) is 0.846. The van der Waals surface area contributed by atoms with E-state index in [2.05, 4.69) is 24.1 Å². The van der Waals surface area contributed by atoms with Crippen LogP contribution in [0.5, 0.6) is 0 Å². The first kappa shape index (κ1) is 32.6. The molecule has 7 heteroatoms. The summed E-state index contributed by atoms with van der Waals surface area (Å²) in [5.74, 6) is -0.838. The van der Waals surface area contributed by atoms with Crippen LogP contribution in [-0.2, 0) is 9.63 Å². The minimum atomic E-state index is -0.806. The summed E-state index contributed by atoms with van der Waals surface area (Å²) in [7, 11) is 0. The van der Waals surface area contributed by atoms with Gasteiger partial charge in [0, 0.05) is 6.42 Å². The number of allylic oxidation sites excluding steroid dienone is 2. The summed E-state index contributed by atoms with van der Waals surface area (Å²) in [6.07, 6.45) is 23.5. The molecule has 0 fully saturated rings. The zero-order valence-corrected chi connectivity index (χ0v) is 20.4. The second kappa shape index (κ2) is 23.3. The Labute approximate surface area is 224 Å². The number of hydrogen-bond donors (Lipinski definition) is 2. The average molecular weight is 477 g/mol. The van der Waals surface area contributed by atoms with Gasteiger partial charge in [-0.1, -0.05) is 76.9 Å². The van der Waals surface area contributed by atoms with Gasteiger partial charge in [0.1, 0.15) is 12.9 Å². The number of aliphatic carboxylic acids is 1. The first-order valence-corrected chi connectivity index (χ1v) is 13.1. The first-order valence-electron chi connectivity index (χ1n) is 13.1. The molecule has 188 valence electrons. The van der Waals surface area contributed by atoms with Crippen LogP contribution in [0.15, 0.2) is 17.1 Å². The fourth-order valence-corrected chi connectivity index (χ4v) is 4.08. The van der Waals surface area contributed by atoms with E-state index in [1.54, 1.807) is 11.4 Å². The first-order chi connectivity index (χ1) is 15.6. The van der Waals surface area contributed by atoms with Gasteiger partial charge in [0.2, 0.25) is 0 Å². The van der Waals surface area contributed by atoms with E-state index in [0.717, 1.165) is 19.3 Å². The third kappa shape index (κ3) is 19.6. The number of hydrogen-bond acceptors (Lipinski definition) is 5. The quantitative estimate of drug-likeness (QED) is 0.123. The number of aliphatic hydroxyl groups excluding tert-OH is 1. The van der Waals surface area contributed by atoms with Crippen molar-refractivity contribution in [3.63, 3.8) is 0 Å². The molecule has 0 aromatic rings. The fourth-order valence-electron chi connectivity index (χ4n) is 4.08. The molecule has 33 heavy (non-hydrogen) atoms. The normalized spacial score (nSPS) is 15.2. The summed E-state index contributed by atoms with van der Waals surface area (Å²) in [5, 5.41) is 21.1. The van der Waals surface area contributed by atoms with Crippen LogP contribution in [0.2, 0.25) is 0 Å². The van der Waals surface area contributed by atoms with Gasteiger partial charge in [-0.3, -0.25) is 14.6 Å². The second-order valence-corrected chi connectivity index (χ2v) is 9.09. The molecule has 1 aliphatic rings. The zero-order chi connectivity index (χ0) is 23.3. The number of rotatable bonds is 22. The molecule has 0 aliphatic carbocycles. The predicted molar refractivity (Wildman–Crippen MR) is 139 cm³/mol. The summed E-state index contributed by atoms with van der Waals surface area (Å²) in [4.78, 5) is 20.6. The number of hydroxylamine groups is 2. The molecule has 0 saturated heterocycles. The number of aliphatic hydroxyl groups is 1. The Balaban J connectivity index is 0.0000102. The van der Waals surface area contributed by atoms with Gasteiger partial charge in [-0.15, -0.1) is 0 Å². The molecular weight excluding hydrogens is 427 g/mol. The predicted octanol–water partition coefficient (Wildman–Crippen LogP) is 5.49. The van der Waals surface area contributed by atoms with Crippen molar-refractivity contribution in [1.82, 2.24) is 5.06 Å². The second-order valence-electron chi connectivity index (χ2n) is 9.09. The Morgan fingerprint density at radius 2 is 1.61 bits per heavy atom. The zero-order valence-electron chi connectivity index (χ0n) is 20.4. The molecule has 0 amide bonds. The van der Waals surface area contributed by atoms with Gasteiger partial charge in [-0.2, -0.15) is 0 Å². The summed E-state index contributed by atoms with van der Waals surface area (Å²) < 4.78 is 0. The van der Waals surface area contributed by atoms with Crippen LogP contribution in [0.3, 0.4) is 0 Å². The molecule has 0 radical (unpaired) electrons. The molecule has 2 N–H and O–H groups in total. The number of carboxylic acids is 1. The van der Waals surface area contributed by atoms with E-state index in [1.165, 1.54) is 70.6 Å². The van der Waals surface area contributed by atoms with E-state index >= 15 is 0 Å². The van der Waals surface area contributed by atoms with E-state index in [1.807, 2.05) is 0 Å². The van der Waals surface area contributed by atoms with Crippen LogP contribution in [0.1, 0.15) is 110 Å². The van der Waals surface area contributed by atoms with E-state index < -0.39 is 12.1 Å². The maximum absolute atomic E-state index is 11.0. The maximum atomic E-state index is 11.0. The van der Waals surface area contributed by atoms with Gasteiger partial charge in [0.05, 0.1) is 19.2 Å². The van der Waals surface area contributed by atoms with Crippen molar-refractivity contribution in [1.29, 1.82) is 0 Å². The Morgan fingerprint density at radius 1 is 1.00 bits per heavy atom. The van der Waals surface area contributed by atoms with Crippen molar-refractivity contribution in [3.05, 3.63) is 12.2 Å². The number of unbranched alkanes of at least 4 members (excludes halogenated alkanes) is 11. The van der Waals surface area contributed by atoms with Crippen LogP contribution in [0.25, 0.3) is 0 Å². The Morgan fingerprint density at radius 3 is 2.18 bits per heavy atom. The number of carboxylic acid groups (broad SMARTS) is 1. The van der Waals surface area contributed by atoms with Crippen molar-refractivity contribution in [2.24, 2.45) is 10.9 Å². The van der Waals surface area contributed by atoms with Crippen LogP contribution in [0.4, 0.5) is 0 Å². The molecular formula is C26H49N2NaO4. The minimum absolute atomic E-state index is 0. The standard InChI is InChI=1S/C26H48N2O4.Na.H/c1-2-3-4-5-6-7-8-9-10-11-12-13-14-15-16-17-24(18-19-26(30)31)25(29)22-32-28-21-20-27-23-28;;/h9-10,23-25,29H,2-8,11-22H2,1H3,(H,30,31);;/b10-9-;;. The number of carbonyl (C=O) groups is 1. The Kier molecular flexibility index (Phi) is 23.1. The van der Waals surface area contributed by atoms with Gasteiger partial charge in [0.25, 0.3) is 0 Å². The Hall–Kier alpha value is -0.400. The average Bonchev–Trinajstić information content (AvgIpc) is 3.30. The molecule has 0 aromatic carbocycles. The monoisotopic (exact) mass is 476 g/mol. The molecule has 0 aromatic heterocycles. The van der Waals surface area contributed by atoms with E-state index in [-0.39, 0.29) is 48.5 Å². The molecule has 1 rings (SSSR count). The van der Waals surface area contributed by atoms with E-state index in [9.17, 15) is 9.90 Å². The van der Waals surface area contributed by atoms with Gasteiger partial charge in [-0.25, -0.2) is 5.06 Å². The van der Waals surface area contributed by atoms with Crippen LogP contribution < -0.4 is 0 Å². The van der Waals surface area contributed by atoms with Crippen LogP contribution in [-0.4, -0.2) is 82.9 Å². The molecule has 0 spiro atoms. The molecule has 1 aliphatic heterocycles. The number of nitrogens with zero attached hydrogens (tertiary/aromatic N) is 2.